The highest BCUT2D eigenvalue weighted by molar-refractivity contribution is 5.55. The van der Waals surface area contributed by atoms with Crippen molar-refractivity contribution in [1.29, 1.82) is 0 Å². The second-order valence-electron chi connectivity index (χ2n) is 6.87. The van der Waals surface area contributed by atoms with E-state index < -0.39 is 0 Å². The number of hydrogen-bond acceptors (Lipinski definition) is 7. The van der Waals surface area contributed by atoms with Gasteiger partial charge in [0, 0.05) is 42.9 Å². The predicted octanol–water partition coefficient (Wildman–Crippen LogP) is 3.22. The molecule has 140 valence electrons. The lowest BCUT2D eigenvalue weighted by atomic mass is 9.96. The van der Waals surface area contributed by atoms with Crippen LogP contribution in [0.3, 0.4) is 0 Å². The monoisotopic (exact) mass is 365 g/mol. The molecular formula is C20H23N5O2. The van der Waals surface area contributed by atoms with Gasteiger partial charge in [0.1, 0.15) is 5.75 Å². The molecule has 0 amide bonds. The van der Waals surface area contributed by atoms with Crippen LogP contribution in [0.2, 0.25) is 0 Å². The first kappa shape index (κ1) is 17.6. The Kier molecular flexibility index (Phi) is 5.11. The van der Waals surface area contributed by atoms with Gasteiger partial charge in [-0.3, -0.25) is 4.90 Å². The third-order valence-electron chi connectivity index (χ3n) is 4.96. The van der Waals surface area contributed by atoms with Crippen molar-refractivity contribution in [3.63, 3.8) is 0 Å². The summed E-state index contributed by atoms with van der Waals surface area (Å²) in [6.07, 6.45) is 5.93. The van der Waals surface area contributed by atoms with Gasteiger partial charge in [-0.1, -0.05) is 5.16 Å². The molecular weight excluding hydrogens is 342 g/mol. The predicted molar refractivity (Wildman–Crippen MR) is 100 cm³/mol. The molecule has 7 nitrogen and oxygen atoms in total. The number of methoxy groups -OCH3 is 1. The van der Waals surface area contributed by atoms with Crippen molar-refractivity contribution in [3.05, 3.63) is 53.9 Å². The van der Waals surface area contributed by atoms with Crippen LogP contribution >= 0.6 is 0 Å². The minimum atomic E-state index is 0.396. The maximum Gasteiger partial charge on any atom is 0.223 e. The summed E-state index contributed by atoms with van der Waals surface area (Å²) in [5.41, 5.74) is 2.11. The molecule has 1 aliphatic rings. The van der Waals surface area contributed by atoms with E-state index >= 15 is 0 Å². The highest BCUT2D eigenvalue weighted by atomic mass is 16.5. The zero-order valence-corrected chi connectivity index (χ0v) is 15.6. The van der Waals surface area contributed by atoms with Crippen molar-refractivity contribution < 1.29 is 9.26 Å². The van der Waals surface area contributed by atoms with Crippen LogP contribution in [0.15, 0.2) is 41.2 Å². The van der Waals surface area contributed by atoms with Gasteiger partial charge < -0.3 is 9.26 Å². The van der Waals surface area contributed by atoms with Gasteiger partial charge in [0.25, 0.3) is 0 Å². The van der Waals surface area contributed by atoms with Crippen LogP contribution in [0, 0.1) is 6.92 Å². The zero-order chi connectivity index (χ0) is 18.6. The molecule has 1 fully saturated rings. The Morgan fingerprint density at radius 3 is 2.41 bits per heavy atom. The van der Waals surface area contributed by atoms with Crippen LogP contribution in [-0.4, -0.2) is 45.2 Å². The number of benzene rings is 1. The van der Waals surface area contributed by atoms with Crippen molar-refractivity contribution in [1.82, 2.24) is 25.0 Å². The van der Waals surface area contributed by atoms with Gasteiger partial charge >= 0.3 is 0 Å². The zero-order valence-electron chi connectivity index (χ0n) is 15.6. The highest BCUT2D eigenvalue weighted by Gasteiger charge is 2.24. The second kappa shape index (κ2) is 7.84. The van der Waals surface area contributed by atoms with Crippen molar-refractivity contribution >= 4 is 0 Å². The highest BCUT2D eigenvalue weighted by Crippen LogP contribution is 2.26. The van der Waals surface area contributed by atoms with Gasteiger partial charge in [0.2, 0.25) is 5.89 Å². The molecule has 2 aromatic heterocycles. The number of aryl methyl sites for hydroxylation is 1. The van der Waals surface area contributed by atoms with Crippen molar-refractivity contribution in [3.8, 4) is 17.1 Å². The Hall–Kier alpha value is -2.80. The lowest BCUT2D eigenvalue weighted by Crippen LogP contribution is -2.32. The minimum absolute atomic E-state index is 0.396. The first-order valence-corrected chi connectivity index (χ1v) is 9.19. The summed E-state index contributed by atoms with van der Waals surface area (Å²) >= 11 is 0. The molecule has 0 unspecified atom stereocenters. The molecule has 4 rings (SSSR count). The smallest absolute Gasteiger partial charge is 0.223 e. The average Bonchev–Trinajstić information content (AvgIpc) is 3.16. The average molecular weight is 365 g/mol. The molecule has 0 aliphatic carbocycles. The number of ether oxygens (including phenoxy) is 1. The van der Waals surface area contributed by atoms with Crippen molar-refractivity contribution in [2.75, 3.05) is 20.2 Å². The van der Waals surface area contributed by atoms with E-state index in [0.29, 0.717) is 11.8 Å². The Morgan fingerprint density at radius 2 is 1.81 bits per heavy atom. The maximum atomic E-state index is 5.19. The fourth-order valence-corrected chi connectivity index (χ4v) is 3.41. The van der Waals surface area contributed by atoms with Crippen LogP contribution in [0.1, 0.15) is 36.0 Å². The lowest BCUT2D eigenvalue weighted by Gasteiger charge is -2.30. The largest absolute Gasteiger partial charge is 0.497 e. The molecule has 0 bridgehead atoms. The molecule has 1 aliphatic heterocycles. The summed E-state index contributed by atoms with van der Waals surface area (Å²) in [5, 5.41) is 4.07. The summed E-state index contributed by atoms with van der Waals surface area (Å²) in [4.78, 5) is 15.8. The van der Waals surface area contributed by atoms with Crippen molar-refractivity contribution in [2.24, 2.45) is 0 Å². The minimum Gasteiger partial charge on any atom is -0.497 e. The third kappa shape index (κ3) is 4.14. The van der Waals surface area contributed by atoms with E-state index in [2.05, 4.69) is 25.0 Å². The molecule has 1 aromatic carbocycles. The number of piperidine rings is 1. The Labute approximate surface area is 158 Å². The fraction of sp³-hybridized carbons (Fsp3) is 0.400. The standard InChI is InChI=1S/C20H23N5O2/c1-14-23-20(24-27-14)17-7-9-25(10-8-17)13-15-11-21-19(22-12-15)16-3-5-18(26-2)6-4-16/h3-6,11-12,17H,7-10,13H2,1-2H3. The van der Waals surface area contributed by atoms with Crippen LogP contribution < -0.4 is 4.74 Å². The van der Waals surface area contributed by atoms with Gasteiger partial charge in [-0.15, -0.1) is 0 Å². The molecule has 3 aromatic rings. The van der Waals surface area contributed by atoms with Gasteiger partial charge in [-0.2, -0.15) is 4.98 Å². The van der Waals surface area contributed by atoms with E-state index in [9.17, 15) is 0 Å². The van der Waals surface area contributed by atoms with Gasteiger partial charge in [-0.25, -0.2) is 9.97 Å². The topological polar surface area (TPSA) is 77.2 Å². The van der Waals surface area contributed by atoms with Gasteiger partial charge in [0.05, 0.1) is 7.11 Å². The third-order valence-corrected chi connectivity index (χ3v) is 4.96. The molecule has 3 heterocycles. The normalized spacial score (nSPS) is 15.8. The number of rotatable bonds is 5. The first-order chi connectivity index (χ1) is 13.2. The van der Waals surface area contributed by atoms with E-state index in [0.717, 1.165) is 61.0 Å². The molecule has 0 radical (unpaired) electrons. The summed E-state index contributed by atoms with van der Waals surface area (Å²) in [6, 6.07) is 7.78. The van der Waals surface area contributed by atoms with E-state index in [1.54, 1.807) is 7.11 Å². The number of aromatic nitrogens is 4. The van der Waals surface area contributed by atoms with Crippen molar-refractivity contribution in [2.45, 2.75) is 32.2 Å². The second-order valence-corrected chi connectivity index (χ2v) is 6.87. The maximum absolute atomic E-state index is 5.19. The van der Waals surface area contributed by atoms with Crippen LogP contribution in [0.25, 0.3) is 11.4 Å². The summed E-state index contributed by atoms with van der Waals surface area (Å²) in [7, 11) is 1.66. The Bertz CT molecular complexity index is 868. The van der Waals surface area contributed by atoms with Gasteiger partial charge in [0.15, 0.2) is 11.6 Å². The van der Waals surface area contributed by atoms with Gasteiger partial charge in [-0.05, 0) is 50.2 Å². The molecule has 27 heavy (non-hydrogen) atoms. The van der Waals surface area contributed by atoms with Crippen LogP contribution in [-0.2, 0) is 6.54 Å². The van der Waals surface area contributed by atoms with Crippen LogP contribution in [0.4, 0.5) is 0 Å². The number of hydrogen-bond donors (Lipinski definition) is 0. The van der Waals surface area contributed by atoms with E-state index in [4.69, 9.17) is 9.26 Å². The van der Waals surface area contributed by atoms with E-state index in [-0.39, 0.29) is 0 Å². The number of likely N-dealkylation sites (tertiary alicyclic amines) is 1. The van der Waals surface area contributed by atoms with E-state index in [1.807, 2.05) is 43.6 Å². The Balaban J connectivity index is 1.33. The molecule has 7 heteroatoms. The number of nitrogens with zero attached hydrogens (tertiary/aromatic N) is 5. The Morgan fingerprint density at radius 1 is 1.11 bits per heavy atom. The van der Waals surface area contributed by atoms with E-state index in [1.165, 1.54) is 0 Å². The summed E-state index contributed by atoms with van der Waals surface area (Å²) < 4.78 is 10.3. The molecule has 1 saturated heterocycles. The lowest BCUT2D eigenvalue weighted by molar-refractivity contribution is 0.200. The molecule has 0 spiro atoms. The molecule has 0 N–H and O–H groups in total. The first-order valence-electron chi connectivity index (χ1n) is 9.19. The molecule has 0 atom stereocenters. The molecule has 0 saturated carbocycles. The SMILES string of the molecule is COc1ccc(-c2ncc(CN3CCC(c4noc(C)n4)CC3)cn2)cc1. The van der Waals surface area contributed by atoms with Crippen LogP contribution in [0.5, 0.6) is 5.75 Å². The summed E-state index contributed by atoms with van der Waals surface area (Å²) in [6.45, 7) is 4.72. The summed E-state index contributed by atoms with van der Waals surface area (Å²) in [5.74, 6) is 3.44. The quantitative estimate of drug-likeness (QED) is 0.687. The fourth-order valence-electron chi connectivity index (χ4n) is 3.41.